The van der Waals surface area contributed by atoms with Crippen LogP contribution >= 0.6 is 30.3 Å². The van der Waals surface area contributed by atoms with E-state index in [0.717, 1.165) is 64.8 Å². The molecule has 0 spiro atoms. The molecule has 15 nitrogen and oxygen atoms in total. The number of nitrogens with one attached hydrogen (secondary N) is 2. The van der Waals surface area contributed by atoms with Crippen molar-refractivity contribution in [2.45, 2.75) is 129 Å². The molecule has 76 heavy (non-hydrogen) atoms. The van der Waals surface area contributed by atoms with Crippen LogP contribution in [0.3, 0.4) is 0 Å². The first-order valence-electron chi connectivity index (χ1n) is 25.8. The predicted octanol–water partition coefficient (Wildman–Crippen LogP) is 10.7. The fourth-order valence-electron chi connectivity index (χ4n) is 9.91. The number of hydrogen-bond acceptors (Lipinski definition) is 12. The number of rotatable bonds is 20. The van der Waals surface area contributed by atoms with Gasteiger partial charge in [0.15, 0.2) is 0 Å². The largest absolute Gasteiger partial charge is 0.404 e. The molecule has 6 amide bonds. The van der Waals surface area contributed by atoms with Crippen LogP contribution in [0.15, 0.2) is 78.3 Å². The first kappa shape index (κ1) is 56.1. The number of thiazole rings is 1. The van der Waals surface area contributed by atoms with Crippen molar-refractivity contribution in [3.8, 4) is 22.4 Å². The van der Waals surface area contributed by atoms with E-state index in [1.165, 1.54) is 48.3 Å². The minimum atomic E-state index is -4.87. The number of aromatic nitrogens is 1. The Morgan fingerprint density at radius 3 is 2.39 bits per heavy atom. The van der Waals surface area contributed by atoms with E-state index in [9.17, 15) is 33.3 Å². The molecule has 3 aliphatic heterocycles. The molecule has 0 saturated carbocycles. The van der Waals surface area contributed by atoms with Gasteiger partial charge in [-0.1, -0.05) is 64.0 Å². The standard InChI is InChI=1S/C56H63F2N6O9PS2/c1-6-72-74(71,73-7-2)56(57,58)39-23-27-45-38(33-39)34-46(76-45)50(67)61-48(55(3,4)5)54(70)63-31-16-20-44(63)53(69)62(40-24-21-37(22-25-40)51-59-29-32-75-51)30-14-12-10-8-9-11-13-17-36-18-15-19-41-42(36)35-64(52(41)68)43-26-28-47(65)60-49(43)66/h15,18-19,21-25,27,29,32-34,43-44,48H,6-12,14,16,20,26,28,30-31,35H2,1-5H3,(H,61,67)(H,60,65,66)/t43?,44-,48+/m0/s1. The average Bonchev–Trinajstić information content (AvgIpc) is 4.24. The monoisotopic (exact) mass is 1100 g/mol. The average molecular weight is 1100 g/mol. The van der Waals surface area contributed by atoms with Gasteiger partial charge in [0, 0.05) is 76.7 Å². The van der Waals surface area contributed by atoms with Crippen molar-refractivity contribution >= 4 is 81.5 Å². The smallest absolute Gasteiger partial charge is 0.339 e. The summed E-state index contributed by atoms with van der Waals surface area (Å²) in [6, 6.07) is 15.8. The van der Waals surface area contributed by atoms with Crippen LogP contribution in [0, 0.1) is 17.3 Å². The number of carbonyl (C=O) groups is 6. The molecular formula is C56H63F2N6O9PS2. The second-order valence-electron chi connectivity index (χ2n) is 20.1. The van der Waals surface area contributed by atoms with Crippen LogP contribution < -0.4 is 15.5 Å². The van der Waals surface area contributed by atoms with Crippen LogP contribution in [0.1, 0.15) is 136 Å². The summed E-state index contributed by atoms with van der Waals surface area (Å²) in [7, 11) is -4.87. The van der Waals surface area contributed by atoms with Gasteiger partial charge in [0.2, 0.25) is 23.6 Å². The Bertz CT molecular complexity index is 3080. The maximum absolute atomic E-state index is 15.7. The van der Waals surface area contributed by atoms with Gasteiger partial charge in [0.05, 0.1) is 18.1 Å². The number of nitrogens with zero attached hydrogens (tertiary/aromatic N) is 4. The van der Waals surface area contributed by atoms with Crippen LogP contribution in [0.2, 0.25) is 0 Å². The van der Waals surface area contributed by atoms with Gasteiger partial charge in [-0.25, -0.2) is 4.98 Å². The molecule has 2 fully saturated rings. The molecule has 0 bridgehead atoms. The number of piperidine rings is 1. The van der Waals surface area contributed by atoms with Crippen molar-refractivity contribution in [1.29, 1.82) is 0 Å². The van der Waals surface area contributed by atoms with Crippen molar-refractivity contribution in [2.24, 2.45) is 5.41 Å². The lowest BCUT2D eigenvalue weighted by molar-refractivity contribution is -0.141. The lowest BCUT2D eigenvalue weighted by atomic mass is 9.85. The molecule has 2 N–H and O–H groups in total. The Morgan fingerprint density at radius 1 is 0.961 bits per heavy atom. The molecule has 3 aromatic carbocycles. The second-order valence-corrected chi connectivity index (χ2v) is 24.2. The van der Waals surface area contributed by atoms with Gasteiger partial charge < -0.3 is 29.1 Å². The molecule has 5 aromatic rings. The summed E-state index contributed by atoms with van der Waals surface area (Å²) in [5, 5.41) is 8.34. The second kappa shape index (κ2) is 24.0. The molecular weight excluding hydrogens is 1030 g/mol. The van der Waals surface area contributed by atoms with Crippen LogP contribution in [0.25, 0.3) is 20.7 Å². The number of halogens is 2. The SMILES string of the molecule is CCOP(=O)(OCC)C(F)(F)c1ccc2sc(C(=O)N[C@H](C(=O)N3CCC[C@H]3C(=O)N(CCCCCCCC#Cc3cccc4c3CN(C3CCC(=O)NC3=O)C4=O)c3ccc(-c4nccs4)cc3)C(C)(C)C)cc2c1. The van der Waals surface area contributed by atoms with E-state index in [-0.39, 0.29) is 48.8 Å². The van der Waals surface area contributed by atoms with Gasteiger partial charge in [-0.15, -0.1) is 22.7 Å². The number of anilines is 1. The highest BCUT2D eigenvalue weighted by molar-refractivity contribution is 7.54. The molecule has 2 aromatic heterocycles. The third-order valence-corrected chi connectivity index (χ3v) is 17.9. The molecule has 0 radical (unpaired) electrons. The lowest BCUT2D eigenvalue weighted by Gasteiger charge is -2.36. The molecule has 3 atom stereocenters. The highest BCUT2D eigenvalue weighted by Gasteiger charge is 2.55. The van der Waals surface area contributed by atoms with E-state index < -0.39 is 60.1 Å². The normalized spacial score (nSPS) is 17.3. The summed E-state index contributed by atoms with van der Waals surface area (Å²) in [4.78, 5) is 90.6. The van der Waals surface area contributed by atoms with Gasteiger partial charge in [-0.05, 0) is 117 Å². The third-order valence-electron chi connectivity index (χ3n) is 13.9. The fraction of sp³-hybridized carbons (Fsp3) is 0.446. The summed E-state index contributed by atoms with van der Waals surface area (Å²) in [5.41, 5.74) is -1.66. The molecule has 1 unspecified atom stereocenters. The summed E-state index contributed by atoms with van der Waals surface area (Å²) >= 11 is 2.58. The maximum atomic E-state index is 15.7. The van der Waals surface area contributed by atoms with E-state index >= 15 is 8.78 Å². The minimum absolute atomic E-state index is 0.181. The molecule has 5 heterocycles. The van der Waals surface area contributed by atoms with Crippen molar-refractivity contribution in [3.63, 3.8) is 0 Å². The number of hydrogen-bond donors (Lipinski definition) is 2. The zero-order chi connectivity index (χ0) is 54.4. The van der Waals surface area contributed by atoms with Crippen LogP contribution in [-0.2, 0) is 45.0 Å². The van der Waals surface area contributed by atoms with Crippen molar-refractivity contribution in [3.05, 3.63) is 105 Å². The first-order valence-corrected chi connectivity index (χ1v) is 29.1. The van der Waals surface area contributed by atoms with Crippen LogP contribution in [0.4, 0.5) is 14.5 Å². The van der Waals surface area contributed by atoms with E-state index in [1.54, 1.807) is 28.1 Å². The Labute approximate surface area is 449 Å². The third kappa shape index (κ3) is 12.2. The van der Waals surface area contributed by atoms with Crippen molar-refractivity contribution in [2.75, 3.05) is 31.2 Å². The lowest BCUT2D eigenvalue weighted by Crippen LogP contribution is -2.58. The van der Waals surface area contributed by atoms with E-state index in [0.29, 0.717) is 66.5 Å². The summed E-state index contributed by atoms with van der Waals surface area (Å²) in [6.45, 7) is 8.89. The maximum Gasteiger partial charge on any atom is 0.404 e. The Kier molecular flexibility index (Phi) is 17.7. The number of likely N-dealkylation sites (tertiary alicyclic amines) is 1. The zero-order valence-corrected chi connectivity index (χ0v) is 45.9. The van der Waals surface area contributed by atoms with Gasteiger partial charge in [-0.3, -0.25) is 38.6 Å². The number of thiophene rings is 1. The number of fused-ring (bicyclic) bond motifs is 2. The number of alkyl halides is 2. The van der Waals surface area contributed by atoms with Gasteiger partial charge in [-0.2, -0.15) is 8.78 Å². The number of carbonyl (C=O) groups excluding carboxylic acids is 6. The zero-order valence-electron chi connectivity index (χ0n) is 43.3. The Morgan fingerprint density at radius 2 is 1.70 bits per heavy atom. The molecule has 3 aliphatic rings. The minimum Gasteiger partial charge on any atom is -0.339 e. The number of benzene rings is 3. The fourth-order valence-corrected chi connectivity index (χ4v) is 13.0. The molecule has 402 valence electrons. The molecule has 0 aliphatic carbocycles. The summed E-state index contributed by atoms with van der Waals surface area (Å²) in [5.74, 6) is 4.30. The van der Waals surface area contributed by atoms with Gasteiger partial charge in [0.25, 0.3) is 11.8 Å². The predicted molar refractivity (Wildman–Crippen MR) is 289 cm³/mol. The number of amides is 6. The van der Waals surface area contributed by atoms with Crippen molar-refractivity contribution in [1.82, 2.24) is 25.4 Å². The van der Waals surface area contributed by atoms with E-state index in [4.69, 9.17) is 9.05 Å². The topological polar surface area (TPSA) is 185 Å². The Balaban J connectivity index is 0.904. The van der Waals surface area contributed by atoms with E-state index in [2.05, 4.69) is 27.5 Å². The van der Waals surface area contributed by atoms with Crippen LogP contribution in [0.5, 0.6) is 0 Å². The molecule has 2 saturated heterocycles. The van der Waals surface area contributed by atoms with E-state index in [1.807, 2.05) is 56.5 Å². The highest BCUT2D eigenvalue weighted by atomic mass is 32.1. The number of unbranched alkanes of at least 4 members (excludes halogenated alkanes) is 5. The summed E-state index contributed by atoms with van der Waals surface area (Å²) in [6.07, 6.45) is 8.10. The quantitative estimate of drug-likeness (QED) is 0.0329. The van der Waals surface area contributed by atoms with Gasteiger partial charge in [0.1, 0.15) is 23.1 Å². The first-order chi connectivity index (χ1) is 36.3. The van der Waals surface area contributed by atoms with Crippen molar-refractivity contribution < 1.29 is 51.2 Å². The number of imide groups is 1. The molecule has 8 rings (SSSR count). The van der Waals surface area contributed by atoms with Gasteiger partial charge >= 0.3 is 13.3 Å². The molecule has 20 heteroatoms. The highest BCUT2D eigenvalue weighted by Crippen LogP contribution is 2.67. The Hall–Kier alpha value is -6.16. The van der Waals surface area contributed by atoms with Crippen LogP contribution in [-0.4, -0.2) is 94.7 Å². The summed E-state index contributed by atoms with van der Waals surface area (Å²) < 4.78 is 55.1.